The lowest BCUT2D eigenvalue weighted by Gasteiger charge is -2.45. The molecule has 0 N–H and O–H groups in total. The van der Waals surface area contributed by atoms with E-state index in [1.807, 2.05) is 0 Å². The molecule has 13 aromatic carbocycles. The van der Waals surface area contributed by atoms with Crippen molar-refractivity contribution in [3.63, 3.8) is 0 Å². The van der Waals surface area contributed by atoms with Gasteiger partial charge < -0.3 is 18.9 Å². The highest BCUT2D eigenvalue weighted by Crippen LogP contribution is 2.53. The third-order valence-corrected chi connectivity index (χ3v) is 26.5. The van der Waals surface area contributed by atoms with Crippen LogP contribution in [-0.2, 0) is 37.9 Å². The number of anilines is 6. The van der Waals surface area contributed by atoms with Crippen LogP contribution >= 0.6 is 0 Å². The van der Waals surface area contributed by atoms with Gasteiger partial charge in [0.2, 0.25) is 0 Å². The van der Waals surface area contributed by atoms with Crippen LogP contribution < -0.4 is 26.2 Å². The van der Waals surface area contributed by atoms with Crippen molar-refractivity contribution in [2.75, 3.05) is 9.80 Å². The zero-order chi connectivity index (χ0) is 77.0. The summed E-state index contributed by atoms with van der Waals surface area (Å²) in [6.07, 6.45) is 4.69. The lowest BCUT2D eigenvalue weighted by atomic mass is 9.33. The number of fused-ring (bicyclic) bond motifs is 12. The van der Waals surface area contributed by atoms with Gasteiger partial charge in [0, 0.05) is 61.4 Å². The monoisotopic (exact) mass is 1440 g/mol. The summed E-state index contributed by atoms with van der Waals surface area (Å²) in [6.45, 7) is 40.5. The lowest BCUT2D eigenvalue weighted by molar-refractivity contribution is 0.332. The van der Waals surface area contributed by atoms with E-state index in [-0.39, 0.29) is 44.6 Å². The van der Waals surface area contributed by atoms with E-state index in [0.29, 0.717) is 0 Å². The molecule has 0 saturated heterocycles. The molecule has 0 amide bonds. The number of para-hydroxylation sites is 1. The van der Waals surface area contributed by atoms with Crippen LogP contribution in [0.2, 0.25) is 0 Å². The first-order valence-electron chi connectivity index (χ1n) is 40.7. The zero-order valence-corrected chi connectivity index (χ0v) is 68.1. The van der Waals surface area contributed by atoms with Crippen molar-refractivity contribution in [1.29, 1.82) is 0 Å². The van der Waals surface area contributed by atoms with Crippen molar-refractivity contribution < 1.29 is 0 Å². The molecule has 111 heavy (non-hydrogen) atoms. The van der Waals surface area contributed by atoms with E-state index in [2.05, 4.69) is 404 Å². The molecule has 4 heterocycles. The standard InChI is InChI=1S/C106H103BN4/c1-100(2,3)73-39-51-93-82(61-73)83-62-74(101(4,5)6)40-52-94(83)111(93)78-64-97-99-98(65-78)109(76-43-33-68(34-44-76)71-36-47-86-88(59-71)106(16,17)56-54-104(86,12)13)96-63-77(110-91-30-24-22-28-80(91)81-57-69(38-50-92(81)110)66-25-19-18-20-26-66)45-49-90(96)107(99)89-48-37-72(79-27-21-23-29-84(79)102(7,8)9)60-95(89)108(97)75-41-31-67(32-42-75)70-35-46-85-87(58-70)105(14,15)55-53-103(85,10)11/h18-52,57-65H,53-56H2,1-17H3. The summed E-state index contributed by atoms with van der Waals surface area (Å²) in [5, 5.41) is 4.99. The Morgan fingerprint density at radius 1 is 0.270 bits per heavy atom. The molecule has 4 aliphatic rings. The number of rotatable bonds is 8. The highest BCUT2D eigenvalue weighted by atomic mass is 15.2. The minimum atomic E-state index is -0.180. The fourth-order valence-corrected chi connectivity index (χ4v) is 19.8. The highest BCUT2D eigenvalue weighted by molar-refractivity contribution is 7.00. The van der Waals surface area contributed by atoms with Crippen LogP contribution in [0.15, 0.2) is 267 Å². The van der Waals surface area contributed by atoms with Gasteiger partial charge in [-0.15, -0.1) is 0 Å². The molecular weight excluding hydrogens is 1340 g/mol. The summed E-state index contributed by atoms with van der Waals surface area (Å²) in [4.78, 5) is 5.31. The molecule has 0 spiro atoms. The topological polar surface area (TPSA) is 16.3 Å². The summed E-state index contributed by atoms with van der Waals surface area (Å²) < 4.78 is 5.13. The Balaban J connectivity index is 0.908. The van der Waals surface area contributed by atoms with Gasteiger partial charge in [0.05, 0.1) is 27.8 Å². The average Bonchev–Trinajstić information content (AvgIpc) is 0.767. The molecule has 2 aliphatic heterocycles. The molecule has 0 fully saturated rings. The molecule has 0 bridgehead atoms. The molecule has 2 aromatic heterocycles. The van der Waals surface area contributed by atoms with Crippen LogP contribution in [0.1, 0.15) is 182 Å². The second-order valence-electron chi connectivity index (χ2n) is 38.7. The van der Waals surface area contributed by atoms with Crippen LogP contribution in [0.3, 0.4) is 0 Å². The number of hydrogen-bond donors (Lipinski definition) is 0. The molecule has 0 unspecified atom stereocenters. The summed E-state index contributed by atoms with van der Waals surface area (Å²) in [5.74, 6) is 0. The Morgan fingerprint density at radius 2 is 0.658 bits per heavy atom. The van der Waals surface area contributed by atoms with Crippen LogP contribution in [0.4, 0.5) is 34.1 Å². The van der Waals surface area contributed by atoms with Gasteiger partial charge in [-0.1, -0.05) is 288 Å². The molecule has 5 heteroatoms. The van der Waals surface area contributed by atoms with Crippen LogP contribution in [0, 0.1) is 0 Å². The molecule has 19 rings (SSSR count). The van der Waals surface area contributed by atoms with Crippen molar-refractivity contribution in [3.05, 3.63) is 306 Å². The van der Waals surface area contributed by atoms with Crippen molar-refractivity contribution in [1.82, 2.24) is 9.13 Å². The Kier molecular flexibility index (Phi) is 15.8. The second kappa shape index (κ2) is 24.8. The van der Waals surface area contributed by atoms with E-state index in [9.17, 15) is 0 Å². The normalized spacial score (nSPS) is 16.1. The molecule has 550 valence electrons. The van der Waals surface area contributed by atoms with E-state index in [4.69, 9.17) is 0 Å². The third-order valence-electron chi connectivity index (χ3n) is 26.5. The Labute approximate surface area is 658 Å². The summed E-state index contributed by atoms with van der Waals surface area (Å²) in [5.41, 5.74) is 37.4. The van der Waals surface area contributed by atoms with Gasteiger partial charge in [0.25, 0.3) is 6.71 Å². The van der Waals surface area contributed by atoms with Crippen LogP contribution in [0.25, 0.3) is 99.5 Å². The SMILES string of the molecule is CC(C)(C)c1ccc2c(c1)c1cc(C(C)(C)C)ccc1n2-c1cc2c3c(c1)N(c1ccc(-c4ccc5c(c4)C(C)(C)CCC5(C)C)cc1)c1cc(-n4c5ccccc5c5cc(-c6ccccc6)ccc54)ccc1B3c1ccc(-c3ccccc3C(C)(C)C)cc1N2c1ccc(-c2ccc3c(c2)C(C)(C)CCC3(C)C)cc1. The molecule has 0 atom stereocenters. The minimum Gasteiger partial charge on any atom is -0.311 e. The second-order valence-corrected chi connectivity index (χ2v) is 38.7. The average molecular weight is 1440 g/mol. The third kappa shape index (κ3) is 11.4. The van der Waals surface area contributed by atoms with E-state index in [0.717, 1.165) is 46.2 Å². The Bertz CT molecular complexity index is 6250. The van der Waals surface area contributed by atoms with Crippen molar-refractivity contribution in [2.24, 2.45) is 0 Å². The molecular formula is C106H103BN4. The molecule has 0 radical (unpaired) electrons. The van der Waals surface area contributed by atoms with Gasteiger partial charge in [-0.25, -0.2) is 0 Å². The predicted molar refractivity (Wildman–Crippen MR) is 478 cm³/mol. The van der Waals surface area contributed by atoms with Gasteiger partial charge in [0.1, 0.15) is 0 Å². The van der Waals surface area contributed by atoms with E-state index in [1.54, 1.807) is 0 Å². The van der Waals surface area contributed by atoms with Gasteiger partial charge in [0.15, 0.2) is 0 Å². The Morgan fingerprint density at radius 3 is 1.19 bits per heavy atom. The molecule has 0 saturated carbocycles. The minimum absolute atomic E-state index is 0.0703. The lowest BCUT2D eigenvalue weighted by Crippen LogP contribution is -2.61. The van der Waals surface area contributed by atoms with E-state index in [1.165, 1.54) is 168 Å². The number of aromatic nitrogens is 2. The van der Waals surface area contributed by atoms with Gasteiger partial charge in [-0.3, -0.25) is 0 Å². The van der Waals surface area contributed by atoms with Gasteiger partial charge in [-0.2, -0.15) is 0 Å². The van der Waals surface area contributed by atoms with Gasteiger partial charge >= 0.3 is 0 Å². The summed E-state index contributed by atoms with van der Waals surface area (Å²) in [7, 11) is 0. The Hall–Kier alpha value is -10.9. The van der Waals surface area contributed by atoms with Crippen molar-refractivity contribution in [3.8, 4) is 55.9 Å². The first kappa shape index (κ1) is 70.5. The number of nitrogens with zero attached hydrogens (tertiary/aromatic N) is 4. The van der Waals surface area contributed by atoms with Crippen LogP contribution in [0.5, 0.6) is 0 Å². The molecule has 15 aromatic rings. The predicted octanol–water partition coefficient (Wildman–Crippen LogP) is 27.2. The van der Waals surface area contributed by atoms with Gasteiger partial charge in [-0.05, 0) is 260 Å². The fourth-order valence-electron chi connectivity index (χ4n) is 19.8. The summed E-state index contributed by atoms with van der Waals surface area (Å²) >= 11 is 0. The number of benzene rings is 13. The van der Waals surface area contributed by atoms with E-state index >= 15 is 0 Å². The molecule has 4 nitrogen and oxygen atoms in total. The van der Waals surface area contributed by atoms with E-state index < -0.39 is 0 Å². The summed E-state index contributed by atoms with van der Waals surface area (Å²) in [6, 6.07) is 105. The largest absolute Gasteiger partial charge is 0.311 e. The van der Waals surface area contributed by atoms with Crippen LogP contribution in [-0.4, -0.2) is 15.8 Å². The first-order valence-corrected chi connectivity index (χ1v) is 40.7. The smallest absolute Gasteiger partial charge is 0.252 e. The first-order chi connectivity index (χ1) is 52.9. The molecule has 2 aliphatic carbocycles. The maximum Gasteiger partial charge on any atom is 0.252 e. The van der Waals surface area contributed by atoms with Crippen molar-refractivity contribution >= 4 is 101 Å². The maximum absolute atomic E-state index is 2.66. The maximum atomic E-state index is 2.66. The fraction of sp³-hybridized carbons (Fsp3) is 0.264. The number of hydrogen-bond acceptors (Lipinski definition) is 2. The van der Waals surface area contributed by atoms with Crippen molar-refractivity contribution in [2.45, 2.75) is 181 Å². The zero-order valence-electron chi connectivity index (χ0n) is 68.1. The quantitative estimate of drug-likeness (QED) is 0.141. The highest BCUT2D eigenvalue weighted by Gasteiger charge is 2.46.